The largest absolute Gasteiger partial charge is 0.485 e. The fourth-order valence-electron chi connectivity index (χ4n) is 1.65. The van der Waals surface area contributed by atoms with E-state index in [1.54, 1.807) is 24.5 Å². The van der Waals surface area contributed by atoms with E-state index < -0.39 is 0 Å². The van der Waals surface area contributed by atoms with Crippen molar-refractivity contribution in [1.29, 1.82) is 0 Å². The van der Waals surface area contributed by atoms with Gasteiger partial charge in [-0.25, -0.2) is 0 Å². The number of fused-ring (bicyclic) bond motifs is 1. The van der Waals surface area contributed by atoms with Crippen LogP contribution in [-0.2, 0) is 0 Å². The summed E-state index contributed by atoms with van der Waals surface area (Å²) in [6.07, 6.45) is 2.82. The van der Waals surface area contributed by atoms with E-state index in [4.69, 9.17) is 21.1 Å². The highest BCUT2D eigenvalue weighted by molar-refractivity contribution is 6.18. The molecule has 0 atom stereocenters. The van der Waals surface area contributed by atoms with E-state index in [1.807, 2.05) is 6.92 Å². The number of hydrogen-bond donors (Lipinski definition) is 0. The van der Waals surface area contributed by atoms with Gasteiger partial charge < -0.3 is 9.47 Å². The highest BCUT2D eigenvalue weighted by Crippen LogP contribution is 2.31. The zero-order chi connectivity index (χ0) is 13.0. The van der Waals surface area contributed by atoms with Crippen molar-refractivity contribution in [2.45, 2.75) is 19.8 Å². The van der Waals surface area contributed by atoms with Gasteiger partial charge in [-0.1, -0.05) is 0 Å². The predicted octanol–water partition coefficient (Wildman–Crippen LogP) is 3.56. The molecule has 96 valence electrons. The van der Waals surface area contributed by atoms with Crippen molar-refractivity contribution in [3.8, 4) is 11.5 Å². The molecule has 0 saturated heterocycles. The van der Waals surface area contributed by atoms with Crippen molar-refractivity contribution in [2.24, 2.45) is 0 Å². The van der Waals surface area contributed by atoms with Gasteiger partial charge in [0, 0.05) is 17.9 Å². The minimum atomic E-state index is 0.0796. The molecule has 0 N–H and O–H groups in total. The molecule has 18 heavy (non-hydrogen) atoms. The number of rotatable bonds is 4. The average molecular weight is 267 g/mol. The molecule has 1 aliphatic heterocycles. The van der Waals surface area contributed by atoms with Crippen LogP contribution in [0.4, 0.5) is 0 Å². The molecule has 3 nitrogen and oxygen atoms in total. The third-order valence-electron chi connectivity index (χ3n) is 2.65. The van der Waals surface area contributed by atoms with Crippen LogP contribution in [0.1, 0.15) is 30.1 Å². The van der Waals surface area contributed by atoms with Gasteiger partial charge in [0.25, 0.3) is 0 Å². The van der Waals surface area contributed by atoms with E-state index >= 15 is 0 Å². The Morgan fingerprint density at radius 3 is 3.00 bits per heavy atom. The lowest BCUT2D eigenvalue weighted by Gasteiger charge is -2.08. The van der Waals surface area contributed by atoms with Crippen LogP contribution in [0.2, 0.25) is 0 Å². The summed E-state index contributed by atoms with van der Waals surface area (Å²) in [4.78, 5) is 11.9. The third kappa shape index (κ3) is 3.05. The molecule has 1 heterocycles. The fourth-order valence-corrected chi connectivity index (χ4v) is 1.79. The van der Waals surface area contributed by atoms with Gasteiger partial charge in [-0.05, 0) is 37.1 Å². The number of halogens is 1. The zero-order valence-electron chi connectivity index (χ0n) is 10.2. The second-order valence-electron chi connectivity index (χ2n) is 4.25. The summed E-state index contributed by atoms with van der Waals surface area (Å²) in [6, 6.07) is 5.25. The van der Waals surface area contributed by atoms with Crippen molar-refractivity contribution < 1.29 is 14.3 Å². The molecule has 0 bridgehead atoms. The van der Waals surface area contributed by atoms with Crippen LogP contribution in [-0.4, -0.2) is 18.3 Å². The van der Waals surface area contributed by atoms with Crippen molar-refractivity contribution >= 4 is 17.4 Å². The maximum Gasteiger partial charge on any atom is 0.168 e. The van der Waals surface area contributed by atoms with E-state index in [0.717, 1.165) is 5.57 Å². The van der Waals surface area contributed by atoms with Crippen molar-refractivity contribution in [3.05, 3.63) is 35.6 Å². The summed E-state index contributed by atoms with van der Waals surface area (Å²) in [7, 11) is 0. The molecule has 0 fully saturated rings. The van der Waals surface area contributed by atoms with E-state index in [-0.39, 0.29) is 5.78 Å². The molecular weight excluding hydrogens is 252 g/mol. The maximum atomic E-state index is 11.9. The second-order valence-corrected chi connectivity index (χ2v) is 4.63. The molecule has 1 aromatic rings. The number of ether oxygens (including phenoxy) is 2. The van der Waals surface area contributed by atoms with Crippen LogP contribution in [0.3, 0.4) is 0 Å². The Morgan fingerprint density at radius 2 is 2.22 bits per heavy atom. The molecule has 0 radical (unpaired) electrons. The molecule has 0 spiro atoms. The third-order valence-corrected chi connectivity index (χ3v) is 2.91. The van der Waals surface area contributed by atoms with E-state index in [0.29, 0.717) is 42.4 Å². The van der Waals surface area contributed by atoms with Crippen molar-refractivity contribution in [2.75, 3.05) is 12.5 Å². The predicted molar refractivity (Wildman–Crippen MR) is 70.6 cm³/mol. The van der Waals surface area contributed by atoms with Crippen LogP contribution in [0.25, 0.3) is 0 Å². The average Bonchev–Trinajstić information content (AvgIpc) is 2.58. The maximum absolute atomic E-state index is 11.9. The van der Waals surface area contributed by atoms with Gasteiger partial charge in [0.15, 0.2) is 17.3 Å². The first-order valence-electron chi connectivity index (χ1n) is 5.89. The van der Waals surface area contributed by atoms with Crippen LogP contribution in [0.15, 0.2) is 30.0 Å². The molecule has 0 saturated carbocycles. The van der Waals surface area contributed by atoms with Gasteiger partial charge in [-0.2, -0.15) is 0 Å². The van der Waals surface area contributed by atoms with Crippen LogP contribution >= 0.6 is 11.6 Å². The van der Waals surface area contributed by atoms with Crippen LogP contribution < -0.4 is 9.47 Å². The number of Topliss-reactive ketones (excluding diaryl/α,β-unsaturated/α-hetero) is 1. The molecule has 4 heteroatoms. The van der Waals surface area contributed by atoms with Crippen LogP contribution in [0.5, 0.6) is 11.5 Å². The molecule has 0 unspecified atom stereocenters. The van der Waals surface area contributed by atoms with E-state index in [2.05, 4.69) is 0 Å². The molecular formula is C14H15ClO3. The van der Waals surface area contributed by atoms with Gasteiger partial charge in [0.1, 0.15) is 6.61 Å². The Labute approximate surface area is 111 Å². The van der Waals surface area contributed by atoms with Gasteiger partial charge in [-0.15, -0.1) is 11.6 Å². The Morgan fingerprint density at radius 1 is 1.39 bits per heavy atom. The Balaban J connectivity index is 2.16. The van der Waals surface area contributed by atoms with Gasteiger partial charge in [0.05, 0.1) is 6.26 Å². The number of hydrogen-bond acceptors (Lipinski definition) is 3. The first-order valence-corrected chi connectivity index (χ1v) is 6.42. The molecule has 1 aliphatic rings. The van der Waals surface area contributed by atoms with Crippen molar-refractivity contribution in [1.82, 2.24) is 0 Å². The number of benzene rings is 1. The highest BCUT2D eigenvalue weighted by Gasteiger charge is 2.13. The summed E-state index contributed by atoms with van der Waals surface area (Å²) in [5.74, 6) is 1.83. The number of alkyl halides is 1. The van der Waals surface area contributed by atoms with Gasteiger partial charge in [0.2, 0.25) is 0 Å². The smallest absolute Gasteiger partial charge is 0.168 e. The molecule has 0 aromatic heterocycles. The lowest BCUT2D eigenvalue weighted by Crippen LogP contribution is -2.01. The van der Waals surface area contributed by atoms with Gasteiger partial charge in [-0.3, -0.25) is 4.79 Å². The Kier molecular flexibility index (Phi) is 4.26. The molecule has 0 aliphatic carbocycles. The normalized spacial score (nSPS) is 13.8. The minimum absolute atomic E-state index is 0.0796. The standard InChI is InChI=1S/C14H15ClO3/c1-10-8-17-13-5-4-11(7-14(13)18-9-10)12(16)3-2-6-15/h4-5,7-8H,2-3,6,9H2,1H3. The Hall–Kier alpha value is -1.48. The topological polar surface area (TPSA) is 35.5 Å². The molecule has 0 amide bonds. The van der Waals surface area contributed by atoms with Crippen LogP contribution in [0, 0.1) is 0 Å². The zero-order valence-corrected chi connectivity index (χ0v) is 11.0. The van der Waals surface area contributed by atoms with E-state index in [1.165, 1.54) is 0 Å². The SMILES string of the molecule is CC1=COc2ccc(C(=O)CCCCl)cc2OC1. The monoisotopic (exact) mass is 266 g/mol. The number of ketones is 1. The quantitative estimate of drug-likeness (QED) is 0.617. The molecule has 1 aromatic carbocycles. The summed E-state index contributed by atoms with van der Waals surface area (Å²) in [5.41, 5.74) is 1.64. The first kappa shape index (κ1) is 13.0. The molecule has 2 rings (SSSR count). The summed E-state index contributed by atoms with van der Waals surface area (Å²) >= 11 is 5.58. The summed E-state index contributed by atoms with van der Waals surface area (Å²) < 4.78 is 11.0. The second kappa shape index (κ2) is 5.91. The van der Waals surface area contributed by atoms with E-state index in [9.17, 15) is 4.79 Å². The minimum Gasteiger partial charge on any atom is -0.485 e. The lowest BCUT2D eigenvalue weighted by atomic mass is 10.1. The van der Waals surface area contributed by atoms with Crippen molar-refractivity contribution in [3.63, 3.8) is 0 Å². The van der Waals surface area contributed by atoms with Gasteiger partial charge >= 0.3 is 0 Å². The summed E-state index contributed by atoms with van der Waals surface area (Å²) in [6.45, 7) is 2.41. The number of carbonyl (C=O) groups excluding carboxylic acids is 1. The summed E-state index contributed by atoms with van der Waals surface area (Å²) in [5, 5.41) is 0. The lowest BCUT2D eigenvalue weighted by molar-refractivity contribution is 0.0981. The highest BCUT2D eigenvalue weighted by atomic mass is 35.5. The first-order chi connectivity index (χ1) is 8.70. The fraction of sp³-hybridized carbons (Fsp3) is 0.357. The Bertz CT molecular complexity index is 480. The number of carbonyl (C=O) groups is 1.